The summed E-state index contributed by atoms with van der Waals surface area (Å²) >= 11 is 0. The normalized spacial score (nSPS) is 17.7. The van der Waals surface area contributed by atoms with Crippen molar-refractivity contribution in [1.29, 1.82) is 0 Å². The fourth-order valence-corrected chi connectivity index (χ4v) is 3.86. The van der Waals surface area contributed by atoms with Gasteiger partial charge in [0.15, 0.2) is 0 Å². The van der Waals surface area contributed by atoms with Crippen molar-refractivity contribution in [3.8, 4) is 11.5 Å². The molecular weight excluding hydrogens is 396 g/mol. The van der Waals surface area contributed by atoms with Crippen molar-refractivity contribution in [3.05, 3.63) is 94.5 Å². The predicted molar refractivity (Wildman–Crippen MR) is 116 cm³/mol. The van der Waals surface area contributed by atoms with Crippen LogP contribution in [0.2, 0.25) is 0 Å². The molecule has 0 N–H and O–H groups in total. The summed E-state index contributed by atoms with van der Waals surface area (Å²) in [6.07, 6.45) is 0.538. The van der Waals surface area contributed by atoms with Gasteiger partial charge >= 0.3 is 0 Å². The summed E-state index contributed by atoms with van der Waals surface area (Å²) in [5.41, 5.74) is 1.91. The SMILES string of the molecule is COc1ccc([C@@H]2[C@@H](CCOc3ccc([N+](=O)[O-])cc3)C(=O)N2c2ccccc2)cc1. The van der Waals surface area contributed by atoms with Crippen LogP contribution in [0, 0.1) is 16.0 Å². The third kappa shape index (κ3) is 4.21. The Bertz CT molecular complexity index is 1050. The topological polar surface area (TPSA) is 81.9 Å². The summed E-state index contributed by atoms with van der Waals surface area (Å²) in [6.45, 7) is 0.337. The minimum atomic E-state index is -0.450. The van der Waals surface area contributed by atoms with E-state index in [0.29, 0.717) is 18.8 Å². The number of amides is 1. The van der Waals surface area contributed by atoms with Crippen LogP contribution in [-0.4, -0.2) is 24.5 Å². The van der Waals surface area contributed by atoms with Crippen molar-refractivity contribution in [1.82, 2.24) is 0 Å². The quantitative estimate of drug-likeness (QED) is 0.299. The lowest BCUT2D eigenvalue weighted by molar-refractivity contribution is -0.384. The molecule has 1 heterocycles. The van der Waals surface area contributed by atoms with Gasteiger partial charge in [0.2, 0.25) is 5.91 Å². The van der Waals surface area contributed by atoms with E-state index in [-0.39, 0.29) is 23.6 Å². The highest BCUT2D eigenvalue weighted by molar-refractivity contribution is 6.03. The maximum absolute atomic E-state index is 13.0. The summed E-state index contributed by atoms with van der Waals surface area (Å²) in [6, 6.07) is 23.2. The third-order valence-corrected chi connectivity index (χ3v) is 5.45. The van der Waals surface area contributed by atoms with Gasteiger partial charge in [0.1, 0.15) is 11.5 Å². The van der Waals surface area contributed by atoms with Gasteiger partial charge < -0.3 is 14.4 Å². The first-order valence-corrected chi connectivity index (χ1v) is 9.98. The number of ether oxygens (including phenoxy) is 2. The number of para-hydroxylation sites is 1. The number of benzene rings is 3. The number of carbonyl (C=O) groups excluding carboxylic acids is 1. The van der Waals surface area contributed by atoms with Crippen molar-refractivity contribution in [2.24, 2.45) is 5.92 Å². The molecule has 3 aromatic rings. The van der Waals surface area contributed by atoms with E-state index in [4.69, 9.17) is 9.47 Å². The van der Waals surface area contributed by atoms with Crippen LogP contribution in [0.15, 0.2) is 78.9 Å². The van der Waals surface area contributed by atoms with Crippen LogP contribution in [-0.2, 0) is 4.79 Å². The Morgan fingerprint density at radius 3 is 2.19 bits per heavy atom. The molecule has 1 fully saturated rings. The van der Waals surface area contributed by atoms with Gasteiger partial charge in [0.05, 0.1) is 30.6 Å². The van der Waals surface area contributed by atoms with Crippen molar-refractivity contribution < 1.29 is 19.2 Å². The number of β-lactam (4-membered cyclic amide) rings is 1. The van der Waals surface area contributed by atoms with Crippen molar-refractivity contribution >= 4 is 17.3 Å². The molecule has 3 aromatic carbocycles. The summed E-state index contributed by atoms with van der Waals surface area (Å²) in [4.78, 5) is 25.1. The van der Waals surface area contributed by atoms with Gasteiger partial charge in [-0.2, -0.15) is 0 Å². The van der Waals surface area contributed by atoms with Gasteiger partial charge in [-0.15, -0.1) is 0 Å². The van der Waals surface area contributed by atoms with Crippen LogP contribution < -0.4 is 14.4 Å². The number of non-ortho nitro benzene ring substituents is 1. The van der Waals surface area contributed by atoms with Gasteiger partial charge in [-0.05, 0) is 48.4 Å². The zero-order valence-corrected chi connectivity index (χ0v) is 17.0. The molecule has 7 heteroatoms. The highest BCUT2D eigenvalue weighted by atomic mass is 16.6. The average Bonchev–Trinajstić information content (AvgIpc) is 2.81. The standard InChI is InChI=1S/C24H22N2O5/c1-30-20-11-7-17(8-12-20)23-22(24(27)25(23)18-5-3-2-4-6-18)15-16-31-21-13-9-19(10-14-21)26(28)29/h2-14,22-23H,15-16H2,1H3/t22-,23-/m1/s1. The molecule has 0 unspecified atom stereocenters. The van der Waals surface area contributed by atoms with E-state index in [9.17, 15) is 14.9 Å². The number of nitro benzene ring substituents is 1. The summed E-state index contributed by atoms with van der Waals surface area (Å²) < 4.78 is 11.0. The maximum Gasteiger partial charge on any atom is 0.269 e. The second-order valence-corrected chi connectivity index (χ2v) is 7.26. The second-order valence-electron chi connectivity index (χ2n) is 7.26. The molecule has 0 saturated carbocycles. The lowest BCUT2D eigenvalue weighted by Gasteiger charge is -2.47. The molecule has 0 radical (unpaired) electrons. The zero-order chi connectivity index (χ0) is 21.8. The number of hydrogen-bond acceptors (Lipinski definition) is 5. The zero-order valence-electron chi connectivity index (χ0n) is 17.0. The highest BCUT2D eigenvalue weighted by Gasteiger charge is 2.48. The Hall–Kier alpha value is -3.87. The lowest BCUT2D eigenvalue weighted by Crippen LogP contribution is -2.55. The van der Waals surface area contributed by atoms with Crippen molar-refractivity contribution in [2.45, 2.75) is 12.5 Å². The van der Waals surface area contributed by atoms with Crippen LogP contribution >= 0.6 is 0 Å². The third-order valence-electron chi connectivity index (χ3n) is 5.45. The molecule has 158 valence electrons. The monoisotopic (exact) mass is 418 g/mol. The fourth-order valence-electron chi connectivity index (χ4n) is 3.86. The molecule has 2 atom stereocenters. The number of nitrogens with zero attached hydrogens (tertiary/aromatic N) is 2. The van der Waals surface area contributed by atoms with Crippen LogP contribution in [0.1, 0.15) is 18.0 Å². The van der Waals surface area contributed by atoms with Gasteiger partial charge in [0.25, 0.3) is 5.69 Å². The fraction of sp³-hybridized carbons (Fsp3) is 0.208. The number of anilines is 1. The Kier molecular flexibility index (Phi) is 5.84. The van der Waals surface area contributed by atoms with Crippen LogP contribution in [0.4, 0.5) is 11.4 Å². The second kappa shape index (κ2) is 8.87. The first kappa shape index (κ1) is 20.4. The minimum absolute atomic E-state index is 0.0135. The van der Waals surface area contributed by atoms with E-state index in [1.165, 1.54) is 12.1 Å². The molecular formula is C24H22N2O5. The molecule has 0 aromatic heterocycles. The number of carbonyl (C=O) groups is 1. The van der Waals surface area contributed by atoms with Crippen molar-refractivity contribution in [3.63, 3.8) is 0 Å². The van der Waals surface area contributed by atoms with Crippen molar-refractivity contribution in [2.75, 3.05) is 18.6 Å². The molecule has 0 spiro atoms. The molecule has 0 aliphatic carbocycles. The smallest absolute Gasteiger partial charge is 0.269 e. The van der Waals surface area contributed by atoms with E-state index < -0.39 is 4.92 Å². The minimum Gasteiger partial charge on any atom is -0.497 e. The van der Waals surface area contributed by atoms with Gasteiger partial charge in [-0.1, -0.05) is 30.3 Å². The molecule has 1 aliphatic rings. The van der Waals surface area contributed by atoms with E-state index in [0.717, 1.165) is 17.0 Å². The molecule has 4 rings (SSSR count). The Labute approximate surface area is 180 Å². The van der Waals surface area contributed by atoms with E-state index in [2.05, 4.69) is 0 Å². The number of rotatable bonds is 8. The van der Waals surface area contributed by atoms with E-state index in [1.54, 1.807) is 19.2 Å². The largest absolute Gasteiger partial charge is 0.497 e. The molecule has 0 bridgehead atoms. The van der Waals surface area contributed by atoms with Gasteiger partial charge in [0, 0.05) is 17.8 Å². The average molecular weight is 418 g/mol. The Morgan fingerprint density at radius 2 is 1.58 bits per heavy atom. The lowest BCUT2D eigenvalue weighted by atomic mass is 9.80. The van der Waals surface area contributed by atoms with Gasteiger partial charge in [-0.3, -0.25) is 14.9 Å². The van der Waals surface area contributed by atoms with Crippen LogP contribution in [0.25, 0.3) is 0 Å². The Morgan fingerprint density at radius 1 is 0.935 bits per heavy atom. The summed E-state index contributed by atoms with van der Waals surface area (Å²) in [5, 5.41) is 10.8. The molecule has 31 heavy (non-hydrogen) atoms. The van der Waals surface area contributed by atoms with E-state index >= 15 is 0 Å². The van der Waals surface area contributed by atoms with E-state index in [1.807, 2.05) is 59.5 Å². The highest BCUT2D eigenvalue weighted by Crippen LogP contribution is 2.45. The Balaban J connectivity index is 1.48. The number of methoxy groups -OCH3 is 1. The molecule has 1 saturated heterocycles. The van der Waals surface area contributed by atoms with Crippen LogP contribution in [0.3, 0.4) is 0 Å². The maximum atomic E-state index is 13.0. The predicted octanol–water partition coefficient (Wildman–Crippen LogP) is 4.78. The van der Waals surface area contributed by atoms with Crippen LogP contribution in [0.5, 0.6) is 11.5 Å². The first-order chi connectivity index (χ1) is 15.1. The molecule has 1 amide bonds. The number of nitro groups is 1. The summed E-state index contributed by atoms with van der Waals surface area (Å²) in [7, 11) is 1.62. The first-order valence-electron chi connectivity index (χ1n) is 9.98. The molecule has 1 aliphatic heterocycles. The van der Waals surface area contributed by atoms with Gasteiger partial charge in [-0.25, -0.2) is 0 Å². The molecule has 7 nitrogen and oxygen atoms in total. The number of hydrogen-bond donors (Lipinski definition) is 0. The summed E-state index contributed by atoms with van der Waals surface area (Å²) in [5.74, 6) is 1.14.